The lowest BCUT2D eigenvalue weighted by atomic mass is 10.3. The molecule has 0 saturated carbocycles. The molecule has 1 unspecified atom stereocenters. The summed E-state index contributed by atoms with van der Waals surface area (Å²) in [4.78, 5) is 27.2. The van der Waals surface area contributed by atoms with Crippen molar-refractivity contribution in [1.29, 1.82) is 0 Å². The standard InChI is InChI=1S/C19H20BrF3N4O6/c1-2-7-30-15-14-16(25-13(24-15)10-26-5-8-29-9-6-26)32-17(11-3-4-12(20)31-11)27(14)33-18(28)19(21,22)23/h3-4,17H,2,5-10H2,1H3. The molecule has 0 aromatic carbocycles. The van der Waals surface area contributed by atoms with Crippen LogP contribution in [0.1, 0.15) is 31.2 Å². The highest BCUT2D eigenvalue weighted by Gasteiger charge is 2.48. The van der Waals surface area contributed by atoms with Gasteiger partial charge in [-0.25, -0.2) is 4.79 Å². The van der Waals surface area contributed by atoms with Crippen LogP contribution in [0.3, 0.4) is 0 Å². The lowest BCUT2D eigenvalue weighted by molar-refractivity contribution is -0.203. The summed E-state index contributed by atoms with van der Waals surface area (Å²) < 4.78 is 61.5. The number of alkyl halides is 3. The number of ether oxygens (including phenoxy) is 3. The van der Waals surface area contributed by atoms with E-state index in [4.69, 9.17) is 18.6 Å². The van der Waals surface area contributed by atoms with Crippen molar-refractivity contribution >= 4 is 27.6 Å². The second-order valence-corrected chi connectivity index (χ2v) is 7.93. The average molecular weight is 537 g/mol. The fourth-order valence-electron chi connectivity index (χ4n) is 3.20. The van der Waals surface area contributed by atoms with Crippen molar-refractivity contribution in [2.24, 2.45) is 0 Å². The number of hydrogen-bond acceptors (Lipinski definition) is 10. The monoisotopic (exact) mass is 536 g/mol. The molecule has 14 heteroatoms. The highest BCUT2D eigenvalue weighted by atomic mass is 79.9. The number of halogens is 4. The van der Waals surface area contributed by atoms with Crippen molar-refractivity contribution in [1.82, 2.24) is 14.9 Å². The van der Waals surface area contributed by atoms with Gasteiger partial charge in [-0.05, 0) is 34.5 Å². The summed E-state index contributed by atoms with van der Waals surface area (Å²) in [6.45, 7) is 4.90. The predicted octanol–water partition coefficient (Wildman–Crippen LogP) is 3.37. The minimum Gasteiger partial charge on any atom is -0.476 e. The summed E-state index contributed by atoms with van der Waals surface area (Å²) in [5.41, 5.74) is -0.135. The fourth-order valence-corrected chi connectivity index (χ4v) is 3.52. The number of carbonyl (C=O) groups excluding carboxylic acids is 1. The third-order valence-corrected chi connectivity index (χ3v) is 5.11. The molecule has 1 atom stereocenters. The highest BCUT2D eigenvalue weighted by molar-refractivity contribution is 9.10. The van der Waals surface area contributed by atoms with Crippen LogP contribution in [-0.4, -0.2) is 59.9 Å². The SMILES string of the molecule is CCCOc1nc(CN2CCOCC2)nc2c1N(OC(=O)C(F)(F)F)C(c1ccc(Br)o1)O2. The molecule has 0 spiro atoms. The molecule has 0 bridgehead atoms. The minimum absolute atomic E-state index is 0.0618. The van der Waals surface area contributed by atoms with E-state index in [1.807, 2.05) is 6.92 Å². The zero-order chi connectivity index (χ0) is 23.6. The Morgan fingerprint density at radius 2 is 2.03 bits per heavy atom. The predicted molar refractivity (Wildman–Crippen MR) is 108 cm³/mol. The van der Waals surface area contributed by atoms with E-state index in [-0.39, 0.29) is 29.8 Å². The number of morpholine rings is 1. The van der Waals surface area contributed by atoms with E-state index in [0.29, 0.717) is 54.8 Å². The van der Waals surface area contributed by atoms with Crippen molar-refractivity contribution in [3.8, 4) is 11.8 Å². The molecule has 0 radical (unpaired) electrons. The topological polar surface area (TPSA) is 99.4 Å². The van der Waals surface area contributed by atoms with Crippen LogP contribution in [0.2, 0.25) is 0 Å². The van der Waals surface area contributed by atoms with Crippen LogP contribution < -0.4 is 14.5 Å². The lowest BCUT2D eigenvalue weighted by Gasteiger charge is -2.26. The van der Waals surface area contributed by atoms with E-state index in [2.05, 4.69) is 35.6 Å². The maximum absolute atomic E-state index is 13.0. The summed E-state index contributed by atoms with van der Waals surface area (Å²) >= 11 is 3.14. The number of anilines is 1. The van der Waals surface area contributed by atoms with Crippen molar-refractivity contribution in [3.63, 3.8) is 0 Å². The Bertz CT molecular complexity index is 998. The lowest BCUT2D eigenvalue weighted by Crippen LogP contribution is -2.36. The van der Waals surface area contributed by atoms with Gasteiger partial charge in [0.15, 0.2) is 16.3 Å². The Morgan fingerprint density at radius 3 is 2.67 bits per heavy atom. The number of rotatable bonds is 7. The van der Waals surface area contributed by atoms with Gasteiger partial charge in [0.1, 0.15) is 0 Å². The van der Waals surface area contributed by atoms with Crippen LogP contribution in [-0.2, 0) is 20.9 Å². The van der Waals surface area contributed by atoms with E-state index >= 15 is 0 Å². The summed E-state index contributed by atoms with van der Waals surface area (Å²) in [7, 11) is 0. The van der Waals surface area contributed by atoms with Gasteiger partial charge in [0.25, 0.3) is 12.1 Å². The van der Waals surface area contributed by atoms with Gasteiger partial charge in [-0.2, -0.15) is 23.1 Å². The number of carbonyl (C=O) groups is 1. The molecule has 2 aromatic heterocycles. The summed E-state index contributed by atoms with van der Waals surface area (Å²) in [6, 6.07) is 2.99. The van der Waals surface area contributed by atoms with E-state index in [1.165, 1.54) is 12.1 Å². The van der Waals surface area contributed by atoms with Crippen LogP contribution in [0, 0.1) is 0 Å². The van der Waals surface area contributed by atoms with Gasteiger partial charge >= 0.3 is 12.1 Å². The normalized spacial score (nSPS) is 18.7. The first kappa shape index (κ1) is 23.6. The van der Waals surface area contributed by atoms with Crippen molar-refractivity contribution in [2.75, 3.05) is 38.0 Å². The molecule has 0 N–H and O–H groups in total. The van der Waals surface area contributed by atoms with Gasteiger partial charge in [0.05, 0.1) is 26.4 Å². The van der Waals surface area contributed by atoms with E-state index in [9.17, 15) is 18.0 Å². The van der Waals surface area contributed by atoms with Crippen molar-refractivity contribution < 1.29 is 41.4 Å². The zero-order valence-corrected chi connectivity index (χ0v) is 19.0. The minimum atomic E-state index is -5.24. The molecule has 2 aromatic rings. The van der Waals surface area contributed by atoms with E-state index in [0.717, 1.165) is 0 Å². The molecular formula is C19H20BrF3N4O6. The molecule has 180 valence electrons. The highest BCUT2D eigenvalue weighted by Crippen LogP contribution is 2.48. The molecule has 2 aliphatic heterocycles. The average Bonchev–Trinajstić information content (AvgIpc) is 3.35. The Hall–Kier alpha value is -2.58. The molecule has 0 amide bonds. The van der Waals surface area contributed by atoms with Gasteiger partial charge in [0.2, 0.25) is 11.6 Å². The Balaban J connectivity index is 1.72. The summed E-state index contributed by atoms with van der Waals surface area (Å²) in [5.74, 6) is -2.18. The zero-order valence-electron chi connectivity index (χ0n) is 17.4. The molecule has 4 rings (SSSR count). The smallest absolute Gasteiger partial charge is 0.476 e. The Morgan fingerprint density at radius 1 is 1.27 bits per heavy atom. The molecule has 33 heavy (non-hydrogen) atoms. The van der Waals surface area contributed by atoms with Crippen LogP contribution in [0.15, 0.2) is 21.2 Å². The van der Waals surface area contributed by atoms with E-state index < -0.39 is 18.4 Å². The van der Waals surface area contributed by atoms with Gasteiger partial charge in [-0.15, -0.1) is 5.06 Å². The molecule has 1 saturated heterocycles. The third kappa shape index (κ3) is 5.33. The fraction of sp³-hybridized carbons (Fsp3) is 0.526. The molecule has 1 fully saturated rings. The third-order valence-electron chi connectivity index (χ3n) is 4.68. The molecule has 10 nitrogen and oxygen atoms in total. The van der Waals surface area contributed by atoms with Gasteiger partial charge < -0.3 is 23.5 Å². The molecule has 4 heterocycles. The second kappa shape index (κ2) is 9.73. The van der Waals surface area contributed by atoms with Crippen LogP contribution >= 0.6 is 15.9 Å². The van der Waals surface area contributed by atoms with Crippen LogP contribution in [0.25, 0.3) is 0 Å². The number of hydroxylamine groups is 1. The number of furan rings is 1. The molecule has 0 aliphatic carbocycles. The number of aromatic nitrogens is 2. The Kier molecular flexibility index (Phi) is 6.95. The van der Waals surface area contributed by atoms with Crippen molar-refractivity contribution in [3.05, 3.63) is 28.4 Å². The van der Waals surface area contributed by atoms with E-state index in [1.54, 1.807) is 0 Å². The van der Waals surface area contributed by atoms with Gasteiger partial charge in [-0.1, -0.05) is 6.92 Å². The second-order valence-electron chi connectivity index (χ2n) is 7.15. The number of hydrogen-bond donors (Lipinski definition) is 0. The number of fused-ring (bicyclic) bond motifs is 1. The van der Waals surface area contributed by atoms with Crippen molar-refractivity contribution in [2.45, 2.75) is 32.3 Å². The largest absolute Gasteiger partial charge is 0.493 e. The summed E-state index contributed by atoms with van der Waals surface area (Å²) in [6.07, 6.45) is -6.00. The molecular weight excluding hydrogens is 517 g/mol. The first-order chi connectivity index (χ1) is 15.8. The van der Waals surface area contributed by atoms with Crippen LogP contribution in [0.4, 0.5) is 18.9 Å². The molecule has 2 aliphatic rings. The Labute approximate surface area is 194 Å². The maximum Gasteiger partial charge on any atom is 0.493 e. The first-order valence-electron chi connectivity index (χ1n) is 10.1. The van der Waals surface area contributed by atoms with Gasteiger partial charge in [-0.3, -0.25) is 4.90 Å². The van der Waals surface area contributed by atoms with Gasteiger partial charge in [0, 0.05) is 13.1 Å². The maximum atomic E-state index is 13.0. The summed E-state index contributed by atoms with van der Waals surface area (Å²) in [5, 5.41) is 0.625. The van der Waals surface area contributed by atoms with Crippen LogP contribution in [0.5, 0.6) is 11.8 Å². The number of nitrogens with zero attached hydrogens (tertiary/aromatic N) is 4. The quantitative estimate of drug-likeness (QED) is 0.523. The first-order valence-corrected chi connectivity index (χ1v) is 10.9.